The molecule has 3 aromatic rings. The van der Waals surface area contributed by atoms with E-state index in [1.54, 1.807) is 10.6 Å². The first-order chi connectivity index (χ1) is 11.6. The molecule has 5 heteroatoms. The van der Waals surface area contributed by atoms with Gasteiger partial charge in [-0.3, -0.25) is 14.2 Å². The summed E-state index contributed by atoms with van der Waals surface area (Å²) in [5, 5.41) is 0.556. The number of methoxy groups -OCH3 is 1. The van der Waals surface area contributed by atoms with Gasteiger partial charge in [0.05, 0.1) is 30.5 Å². The van der Waals surface area contributed by atoms with Gasteiger partial charge in [-0.2, -0.15) is 0 Å². The molecule has 0 aliphatic carbocycles. The van der Waals surface area contributed by atoms with E-state index in [2.05, 4.69) is 0 Å². The summed E-state index contributed by atoms with van der Waals surface area (Å²) < 4.78 is 6.45. The molecule has 0 saturated heterocycles. The molecule has 2 aromatic carbocycles. The number of fused-ring (bicyclic) bond motifs is 4. The predicted molar refractivity (Wildman–Crippen MR) is 90.9 cm³/mol. The Balaban J connectivity index is 2.05. The first-order valence-electron chi connectivity index (χ1n) is 7.79. The highest BCUT2D eigenvalue weighted by Crippen LogP contribution is 2.39. The minimum absolute atomic E-state index is 0.111. The van der Waals surface area contributed by atoms with Crippen molar-refractivity contribution in [3.63, 3.8) is 0 Å². The lowest BCUT2D eigenvalue weighted by Crippen LogP contribution is -2.26. The summed E-state index contributed by atoms with van der Waals surface area (Å²) in [5.74, 6) is 0.269. The molecule has 1 atom stereocenters. The first-order valence-corrected chi connectivity index (χ1v) is 7.79. The molecule has 2 heterocycles. The van der Waals surface area contributed by atoms with Crippen LogP contribution in [0.15, 0.2) is 47.3 Å². The van der Waals surface area contributed by atoms with Gasteiger partial charge in [0.15, 0.2) is 0 Å². The Bertz CT molecular complexity index is 1040. The molecule has 5 nitrogen and oxygen atoms in total. The van der Waals surface area contributed by atoms with Gasteiger partial charge in [-0.25, -0.2) is 4.98 Å². The summed E-state index contributed by atoms with van der Waals surface area (Å²) in [6, 6.07) is 12.9. The number of nitrogens with zero attached hydrogens (tertiary/aromatic N) is 2. The van der Waals surface area contributed by atoms with Crippen molar-refractivity contribution in [3.05, 3.63) is 63.9 Å². The molecule has 0 fully saturated rings. The number of hydrogen-bond donors (Lipinski definition) is 0. The number of rotatable bonds is 2. The van der Waals surface area contributed by atoms with Crippen LogP contribution in [-0.2, 0) is 9.53 Å². The third-order valence-electron chi connectivity index (χ3n) is 4.52. The van der Waals surface area contributed by atoms with Crippen LogP contribution < -0.4 is 5.56 Å². The molecule has 0 radical (unpaired) electrons. The van der Waals surface area contributed by atoms with E-state index in [-0.39, 0.29) is 24.0 Å². The summed E-state index contributed by atoms with van der Waals surface area (Å²) in [6.07, 6.45) is 0.111. The number of aryl methyl sites for hydroxylation is 1. The SMILES string of the molecule is COC(=O)CC1c2ccc(C)cc2-c2nc3ccccc3c(=O)n21. The maximum Gasteiger partial charge on any atom is 0.307 e. The molecule has 0 bridgehead atoms. The van der Waals surface area contributed by atoms with Crippen molar-refractivity contribution in [1.29, 1.82) is 0 Å². The van der Waals surface area contributed by atoms with Crippen molar-refractivity contribution in [2.24, 2.45) is 0 Å². The van der Waals surface area contributed by atoms with Crippen molar-refractivity contribution >= 4 is 16.9 Å². The van der Waals surface area contributed by atoms with Crippen LogP contribution in [0, 0.1) is 6.92 Å². The van der Waals surface area contributed by atoms with Crippen LogP contribution in [0.3, 0.4) is 0 Å². The molecular formula is C19H16N2O3. The Morgan fingerprint density at radius 2 is 2.04 bits per heavy atom. The van der Waals surface area contributed by atoms with Crippen molar-refractivity contribution < 1.29 is 9.53 Å². The predicted octanol–water partition coefficient (Wildman–Crippen LogP) is 2.84. The van der Waals surface area contributed by atoms with Gasteiger partial charge >= 0.3 is 5.97 Å². The number of aromatic nitrogens is 2. The fourth-order valence-electron chi connectivity index (χ4n) is 3.36. The Kier molecular flexibility index (Phi) is 3.23. The minimum atomic E-state index is -0.382. The quantitative estimate of drug-likeness (QED) is 0.681. The number of hydrogen-bond acceptors (Lipinski definition) is 4. The van der Waals surface area contributed by atoms with E-state index in [0.717, 1.165) is 16.7 Å². The van der Waals surface area contributed by atoms with Crippen LogP contribution in [0.4, 0.5) is 0 Å². The van der Waals surface area contributed by atoms with E-state index < -0.39 is 0 Å². The zero-order valence-electron chi connectivity index (χ0n) is 13.4. The van der Waals surface area contributed by atoms with Gasteiger partial charge in [0.2, 0.25) is 0 Å². The van der Waals surface area contributed by atoms with Gasteiger partial charge in [-0.15, -0.1) is 0 Å². The van der Waals surface area contributed by atoms with E-state index >= 15 is 0 Å². The highest BCUT2D eigenvalue weighted by Gasteiger charge is 2.33. The monoisotopic (exact) mass is 320 g/mol. The molecule has 1 aliphatic rings. The van der Waals surface area contributed by atoms with Gasteiger partial charge < -0.3 is 4.74 Å². The zero-order chi connectivity index (χ0) is 16.8. The first kappa shape index (κ1) is 14.6. The van der Waals surface area contributed by atoms with Crippen molar-refractivity contribution in [2.45, 2.75) is 19.4 Å². The lowest BCUT2D eigenvalue weighted by molar-refractivity contribution is -0.141. The Labute approximate surface area is 138 Å². The van der Waals surface area contributed by atoms with E-state index in [1.165, 1.54) is 7.11 Å². The van der Waals surface area contributed by atoms with Crippen LogP contribution in [-0.4, -0.2) is 22.6 Å². The summed E-state index contributed by atoms with van der Waals surface area (Å²) >= 11 is 0. The Hall–Kier alpha value is -2.95. The highest BCUT2D eigenvalue weighted by atomic mass is 16.5. The number of para-hydroxylation sites is 1. The zero-order valence-corrected chi connectivity index (χ0v) is 13.4. The summed E-state index contributed by atoms with van der Waals surface area (Å²) in [4.78, 5) is 29.6. The topological polar surface area (TPSA) is 61.2 Å². The fraction of sp³-hybridized carbons (Fsp3) is 0.211. The average Bonchev–Trinajstić information content (AvgIpc) is 2.88. The minimum Gasteiger partial charge on any atom is -0.469 e. The lowest BCUT2D eigenvalue weighted by atomic mass is 10.00. The normalized spacial score (nSPS) is 15.2. The van der Waals surface area contributed by atoms with Crippen molar-refractivity contribution in [3.8, 4) is 11.4 Å². The summed E-state index contributed by atoms with van der Waals surface area (Å²) in [6.45, 7) is 2.00. The molecule has 0 N–H and O–H groups in total. The van der Waals surface area contributed by atoms with Gasteiger partial charge in [-0.1, -0.05) is 29.8 Å². The number of carbonyl (C=O) groups excluding carboxylic acids is 1. The van der Waals surface area contributed by atoms with Crippen LogP contribution in [0.2, 0.25) is 0 Å². The third-order valence-corrected chi connectivity index (χ3v) is 4.52. The molecule has 120 valence electrons. The Morgan fingerprint density at radius 1 is 1.25 bits per heavy atom. The number of carbonyl (C=O) groups is 1. The second-order valence-corrected chi connectivity index (χ2v) is 6.01. The molecule has 1 aliphatic heterocycles. The maximum absolute atomic E-state index is 13.0. The van der Waals surface area contributed by atoms with Crippen LogP contribution in [0.5, 0.6) is 0 Å². The van der Waals surface area contributed by atoms with Crippen molar-refractivity contribution in [1.82, 2.24) is 9.55 Å². The van der Waals surface area contributed by atoms with E-state index in [0.29, 0.717) is 16.7 Å². The van der Waals surface area contributed by atoms with Gasteiger partial charge in [0, 0.05) is 5.56 Å². The Morgan fingerprint density at radius 3 is 2.83 bits per heavy atom. The van der Waals surface area contributed by atoms with Crippen LogP contribution in [0.25, 0.3) is 22.3 Å². The number of ether oxygens (including phenoxy) is 1. The van der Waals surface area contributed by atoms with E-state index in [9.17, 15) is 9.59 Å². The van der Waals surface area contributed by atoms with Gasteiger partial charge in [0.1, 0.15) is 5.82 Å². The highest BCUT2D eigenvalue weighted by molar-refractivity contribution is 5.82. The molecule has 0 amide bonds. The molecule has 1 aromatic heterocycles. The molecular weight excluding hydrogens is 304 g/mol. The largest absolute Gasteiger partial charge is 0.469 e. The smallest absolute Gasteiger partial charge is 0.307 e. The number of benzene rings is 2. The van der Waals surface area contributed by atoms with Gasteiger partial charge in [-0.05, 0) is 30.7 Å². The second kappa shape index (κ2) is 5.30. The molecule has 24 heavy (non-hydrogen) atoms. The number of esters is 1. The van der Waals surface area contributed by atoms with Crippen molar-refractivity contribution in [2.75, 3.05) is 7.11 Å². The lowest BCUT2D eigenvalue weighted by Gasteiger charge is -2.14. The molecule has 1 unspecified atom stereocenters. The van der Waals surface area contributed by atoms with Gasteiger partial charge in [0.25, 0.3) is 5.56 Å². The maximum atomic E-state index is 13.0. The standard InChI is InChI=1S/C19H16N2O3/c1-11-7-8-12-14(9-11)18-20-15-6-4-3-5-13(15)19(23)21(18)16(12)10-17(22)24-2/h3-9,16H,10H2,1-2H3. The summed E-state index contributed by atoms with van der Waals surface area (Å²) in [7, 11) is 1.36. The molecule has 4 rings (SSSR count). The van der Waals surface area contributed by atoms with E-state index in [1.807, 2.05) is 43.3 Å². The fourth-order valence-corrected chi connectivity index (χ4v) is 3.36. The summed E-state index contributed by atoms with van der Waals surface area (Å²) in [5.41, 5.74) is 3.47. The molecule has 0 saturated carbocycles. The molecule has 0 spiro atoms. The third kappa shape index (κ3) is 2.05. The second-order valence-electron chi connectivity index (χ2n) is 6.01. The average molecular weight is 320 g/mol. The van der Waals surface area contributed by atoms with E-state index in [4.69, 9.17) is 9.72 Å². The van der Waals surface area contributed by atoms with Crippen LogP contribution in [0.1, 0.15) is 23.6 Å². The van der Waals surface area contributed by atoms with Crippen LogP contribution >= 0.6 is 0 Å².